The molecule has 22 heavy (non-hydrogen) atoms. The van der Waals surface area contributed by atoms with Gasteiger partial charge in [-0.15, -0.1) is 0 Å². The van der Waals surface area contributed by atoms with Crippen LogP contribution in [0.3, 0.4) is 0 Å². The molecular formula is C18H20N2O2. The fourth-order valence-corrected chi connectivity index (χ4v) is 2.82. The maximum absolute atomic E-state index is 12.9. The molecule has 4 nitrogen and oxygen atoms in total. The first-order chi connectivity index (χ1) is 10.7. The molecule has 2 atom stereocenters. The highest BCUT2D eigenvalue weighted by Gasteiger charge is 2.37. The topological polar surface area (TPSA) is 42.4 Å². The van der Waals surface area contributed by atoms with Crippen LogP contribution in [0.15, 0.2) is 48.7 Å². The summed E-state index contributed by atoms with van der Waals surface area (Å²) in [5, 5.41) is 0. The Labute approximate surface area is 130 Å². The highest BCUT2D eigenvalue weighted by atomic mass is 16.5. The molecule has 0 bridgehead atoms. The molecule has 1 aromatic carbocycles. The van der Waals surface area contributed by atoms with Crippen LogP contribution in [0.4, 0.5) is 5.82 Å². The van der Waals surface area contributed by atoms with Gasteiger partial charge < -0.3 is 4.74 Å². The van der Waals surface area contributed by atoms with Gasteiger partial charge in [-0.2, -0.15) is 0 Å². The smallest absolute Gasteiger partial charge is 0.269 e. The highest BCUT2D eigenvalue weighted by molar-refractivity contribution is 5.99. The number of rotatable bonds is 4. The van der Waals surface area contributed by atoms with Crippen LogP contribution in [0.25, 0.3) is 0 Å². The molecule has 0 N–H and O–H groups in total. The Balaban J connectivity index is 2.02. The summed E-state index contributed by atoms with van der Waals surface area (Å²) >= 11 is 0. The zero-order valence-corrected chi connectivity index (χ0v) is 12.9. The fourth-order valence-electron chi connectivity index (χ4n) is 2.82. The van der Waals surface area contributed by atoms with Gasteiger partial charge in [-0.25, -0.2) is 4.98 Å². The molecule has 3 rings (SSSR count). The van der Waals surface area contributed by atoms with E-state index in [1.54, 1.807) is 11.1 Å². The van der Waals surface area contributed by atoms with Gasteiger partial charge in [0.15, 0.2) is 17.7 Å². The predicted molar refractivity (Wildman–Crippen MR) is 85.9 cm³/mol. The molecule has 1 aliphatic heterocycles. The minimum Gasteiger partial charge on any atom is -0.477 e. The minimum atomic E-state index is -0.423. The van der Waals surface area contributed by atoms with E-state index in [1.165, 1.54) is 0 Å². The number of anilines is 1. The van der Waals surface area contributed by atoms with Gasteiger partial charge in [0.1, 0.15) is 0 Å². The normalized spacial score (nSPS) is 18.5. The van der Waals surface area contributed by atoms with Gasteiger partial charge in [0.25, 0.3) is 5.91 Å². The minimum absolute atomic E-state index is 0.00981. The molecular weight excluding hydrogens is 276 g/mol. The summed E-state index contributed by atoms with van der Waals surface area (Å²) in [6.07, 6.45) is 2.89. The van der Waals surface area contributed by atoms with E-state index in [2.05, 4.69) is 11.9 Å². The van der Waals surface area contributed by atoms with Crippen LogP contribution in [-0.2, 0) is 4.79 Å². The van der Waals surface area contributed by atoms with Crippen molar-refractivity contribution in [2.45, 2.75) is 38.8 Å². The summed E-state index contributed by atoms with van der Waals surface area (Å²) in [5.41, 5.74) is 1.09. The van der Waals surface area contributed by atoms with Crippen molar-refractivity contribution in [1.82, 2.24) is 4.98 Å². The lowest BCUT2D eigenvalue weighted by Crippen LogP contribution is -2.47. The molecule has 2 aromatic rings. The number of amides is 1. The zero-order valence-electron chi connectivity index (χ0n) is 12.9. The lowest BCUT2D eigenvalue weighted by molar-refractivity contribution is -0.127. The first-order valence-electron chi connectivity index (χ1n) is 7.72. The van der Waals surface area contributed by atoms with E-state index in [1.807, 2.05) is 49.4 Å². The van der Waals surface area contributed by atoms with Gasteiger partial charge in [0, 0.05) is 6.20 Å². The molecule has 0 saturated carbocycles. The number of aromatic nitrogens is 1. The van der Waals surface area contributed by atoms with Gasteiger partial charge in [-0.1, -0.05) is 43.7 Å². The average molecular weight is 296 g/mol. The third kappa shape index (κ3) is 2.56. The number of pyridine rings is 1. The Morgan fingerprint density at radius 2 is 2.00 bits per heavy atom. The number of hydrogen-bond donors (Lipinski definition) is 0. The Bertz CT molecular complexity index is 657. The van der Waals surface area contributed by atoms with Crippen molar-refractivity contribution in [2.75, 3.05) is 4.90 Å². The lowest BCUT2D eigenvalue weighted by atomic mass is 10.0. The van der Waals surface area contributed by atoms with E-state index in [0.29, 0.717) is 18.0 Å². The first-order valence-corrected chi connectivity index (χ1v) is 7.72. The summed E-state index contributed by atoms with van der Waals surface area (Å²) in [7, 11) is 0. The predicted octanol–water partition coefficient (Wildman–Crippen LogP) is 3.74. The molecule has 0 aliphatic carbocycles. The van der Waals surface area contributed by atoms with Gasteiger partial charge in [-0.05, 0) is 31.0 Å². The van der Waals surface area contributed by atoms with Gasteiger partial charge in [0.05, 0.1) is 6.04 Å². The van der Waals surface area contributed by atoms with Crippen LogP contribution in [-0.4, -0.2) is 17.0 Å². The van der Waals surface area contributed by atoms with Crippen LogP contribution in [0.2, 0.25) is 0 Å². The molecule has 1 amide bonds. The van der Waals surface area contributed by atoms with E-state index >= 15 is 0 Å². The van der Waals surface area contributed by atoms with Crippen molar-refractivity contribution in [3.05, 3.63) is 54.2 Å². The van der Waals surface area contributed by atoms with E-state index in [4.69, 9.17) is 4.74 Å². The summed E-state index contributed by atoms with van der Waals surface area (Å²) in [4.78, 5) is 19.0. The van der Waals surface area contributed by atoms with E-state index in [-0.39, 0.29) is 11.9 Å². The molecule has 2 unspecified atom stereocenters. The van der Waals surface area contributed by atoms with Crippen molar-refractivity contribution in [3.63, 3.8) is 0 Å². The van der Waals surface area contributed by atoms with Crippen molar-refractivity contribution in [3.8, 4) is 5.75 Å². The van der Waals surface area contributed by atoms with Crippen molar-refractivity contribution < 1.29 is 9.53 Å². The summed E-state index contributed by atoms with van der Waals surface area (Å²) in [5.74, 6) is 1.28. The summed E-state index contributed by atoms with van der Waals surface area (Å²) in [6.45, 7) is 4.08. The SMILES string of the molecule is CCCC1Oc2cccnc2N(C(C)c2ccccc2)C1=O. The molecule has 114 valence electrons. The summed E-state index contributed by atoms with van der Waals surface area (Å²) < 4.78 is 5.85. The molecule has 1 aliphatic rings. The van der Waals surface area contributed by atoms with E-state index < -0.39 is 6.10 Å². The van der Waals surface area contributed by atoms with Crippen molar-refractivity contribution in [1.29, 1.82) is 0 Å². The third-order valence-corrected chi connectivity index (χ3v) is 3.98. The van der Waals surface area contributed by atoms with Crippen LogP contribution >= 0.6 is 0 Å². The number of benzene rings is 1. The molecule has 2 heterocycles. The van der Waals surface area contributed by atoms with Crippen LogP contribution in [0.1, 0.15) is 38.3 Å². The van der Waals surface area contributed by atoms with Crippen molar-refractivity contribution >= 4 is 11.7 Å². The maximum Gasteiger partial charge on any atom is 0.269 e. The molecule has 0 radical (unpaired) electrons. The second-order valence-electron chi connectivity index (χ2n) is 5.52. The van der Waals surface area contributed by atoms with Gasteiger partial charge in [-0.3, -0.25) is 9.69 Å². The van der Waals surface area contributed by atoms with Crippen LogP contribution in [0.5, 0.6) is 5.75 Å². The molecule has 0 spiro atoms. The quantitative estimate of drug-likeness (QED) is 0.863. The Morgan fingerprint density at radius 1 is 1.23 bits per heavy atom. The number of carbonyl (C=O) groups excluding carboxylic acids is 1. The van der Waals surface area contributed by atoms with Gasteiger partial charge >= 0.3 is 0 Å². The zero-order chi connectivity index (χ0) is 15.5. The van der Waals surface area contributed by atoms with Gasteiger partial charge in [0.2, 0.25) is 0 Å². The standard InChI is InChI=1S/C18H20N2O2/c1-3-8-16-18(21)20(13(2)14-9-5-4-6-10-14)17-15(22-16)11-7-12-19-17/h4-7,9-13,16H,3,8H2,1-2H3. The third-order valence-electron chi connectivity index (χ3n) is 3.98. The molecule has 4 heteroatoms. The number of ether oxygens (including phenoxy) is 1. The second-order valence-corrected chi connectivity index (χ2v) is 5.52. The number of hydrogen-bond acceptors (Lipinski definition) is 3. The first kappa shape index (κ1) is 14.6. The Morgan fingerprint density at radius 3 is 2.73 bits per heavy atom. The van der Waals surface area contributed by atoms with Crippen LogP contribution in [0, 0.1) is 0 Å². The fraction of sp³-hybridized carbons (Fsp3) is 0.333. The lowest BCUT2D eigenvalue weighted by Gasteiger charge is -2.37. The number of carbonyl (C=O) groups is 1. The molecule has 0 saturated heterocycles. The van der Waals surface area contributed by atoms with Crippen molar-refractivity contribution in [2.24, 2.45) is 0 Å². The highest BCUT2D eigenvalue weighted by Crippen LogP contribution is 2.37. The summed E-state index contributed by atoms with van der Waals surface area (Å²) in [6, 6.07) is 13.6. The largest absolute Gasteiger partial charge is 0.477 e. The maximum atomic E-state index is 12.9. The monoisotopic (exact) mass is 296 g/mol. The second kappa shape index (κ2) is 6.18. The molecule has 0 fully saturated rings. The number of fused-ring (bicyclic) bond motifs is 1. The van der Waals surface area contributed by atoms with E-state index in [0.717, 1.165) is 12.0 Å². The Kier molecular flexibility index (Phi) is 4.09. The number of nitrogens with zero attached hydrogens (tertiary/aromatic N) is 2. The van der Waals surface area contributed by atoms with E-state index in [9.17, 15) is 4.79 Å². The molecule has 1 aromatic heterocycles. The average Bonchev–Trinajstić information content (AvgIpc) is 2.56. The van der Waals surface area contributed by atoms with Crippen LogP contribution < -0.4 is 9.64 Å². The Hall–Kier alpha value is -2.36.